The van der Waals surface area contributed by atoms with E-state index in [0.29, 0.717) is 31.1 Å². The fraction of sp³-hybridized carbons (Fsp3) is 0.400. The molecule has 0 spiro atoms. The number of aryl methyl sites for hydroxylation is 1. The lowest BCUT2D eigenvalue weighted by atomic mass is 10.3. The highest BCUT2D eigenvalue weighted by Crippen LogP contribution is 2.17. The van der Waals surface area contributed by atoms with Crippen LogP contribution in [-0.2, 0) is 16.1 Å². The first-order chi connectivity index (χ1) is 11.6. The monoisotopic (exact) mass is 337 g/mol. The standard InChI is InChI=1S/C15H20FN5O3/c1-10-8-13(21-20-10)19-14-12(16)5-4-11(18-14)9-24-7-3-6-17-15(22)23-2/h4-5,8H,3,6-7,9H2,1-2H3,(H,17,22)(H2,18,19,20,21). The summed E-state index contributed by atoms with van der Waals surface area (Å²) in [5.74, 6) is 0.113. The molecule has 0 unspecified atom stereocenters. The number of aromatic amines is 1. The van der Waals surface area contributed by atoms with Gasteiger partial charge in [0.15, 0.2) is 17.5 Å². The Morgan fingerprint density at radius 1 is 1.42 bits per heavy atom. The molecule has 130 valence electrons. The molecule has 0 radical (unpaired) electrons. The van der Waals surface area contributed by atoms with Crippen molar-refractivity contribution in [1.82, 2.24) is 20.5 Å². The van der Waals surface area contributed by atoms with Gasteiger partial charge in [0.25, 0.3) is 0 Å². The van der Waals surface area contributed by atoms with E-state index in [1.165, 1.54) is 13.2 Å². The Hall–Kier alpha value is -2.68. The number of alkyl carbamates (subject to hydrolysis) is 1. The van der Waals surface area contributed by atoms with Crippen LogP contribution in [0.3, 0.4) is 0 Å². The molecule has 0 aromatic carbocycles. The van der Waals surface area contributed by atoms with E-state index in [-0.39, 0.29) is 12.4 Å². The lowest BCUT2D eigenvalue weighted by Gasteiger charge is -2.08. The Labute approximate surface area is 138 Å². The van der Waals surface area contributed by atoms with Crippen LogP contribution in [0.5, 0.6) is 0 Å². The van der Waals surface area contributed by atoms with E-state index in [1.807, 2.05) is 6.92 Å². The van der Waals surface area contributed by atoms with Crippen molar-refractivity contribution >= 4 is 17.7 Å². The number of carbonyl (C=O) groups is 1. The molecular formula is C15H20FN5O3. The summed E-state index contributed by atoms with van der Waals surface area (Å²) in [6, 6.07) is 4.63. The number of methoxy groups -OCH3 is 1. The maximum atomic E-state index is 13.8. The van der Waals surface area contributed by atoms with E-state index < -0.39 is 11.9 Å². The molecule has 8 nitrogen and oxygen atoms in total. The number of rotatable bonds is 8. The molecule has 9 heteroatoms. The summed E-state index contributed by atoms with van der Waals surface area (Å²) in [6.45, 7) is 2.98. The molecule has 2 rings (SSSR count). The van der Waals surface area contributed by atoms with E-state index >= 15 is 0 Å². The molecule has 0 atom stereocenters. The van der Waals surface area contributed by atoms with Crippen molar-refractivity contribution in [1.29, 1.82) is 0 Å². The zero-order valence-electron chi connectivity index (χ0n) is 13.6. The van der Waals surface area contributed by atoms with Crippen molar-refractivity contribution in [2.24, 2.45) is 0 Å². The Morgan fingerprint density at radius 3 is 2.96 bits per heavy atom. The van der Waals surface area contributed by atoms with Crippen molar-refractivity contribution in [3.05, 3.63) is 35.4 Å². The number of aromatic nitrogens is 3. The average Bonchev–Trinajstić information content (AvgIpc) is 2.98. The van der Waals surface area contributed by atoms with Gasteiger partial charge in [-0.15, -0.1) is 0 Å². The number of halogens is 1. The Balaban J connectivity index is 1.79. The van der Waals surface area contributed by atoms with Crippen molar-refractivity contribution in [2.45, 2.75) is 20.0 Å². The van der Waals surface area contributed by atoms with Crippen LogP contribution in [0, 0.1) is 12.7 Å². The number of amides is 1. The highest BCUT2D eigenvalue weighted by Gasteiger charge is 2.08. The first-order valence-corrected chi connectivity index (χ1v) is 7.42. The van der Waals surface area contributed by atoms with Crippen molar-refractivity contribution < 1.29 is 18.7 Å². The quantitative estimate of drug-likeness (QED) is 0.639. The van der Waals surface area contributed by atoms with Gasteiger partial charge in [0.05, 0.1) is 19.4 Å². The second kappa shape index (κ2) is 8.82. The van der Waals surface area contributed by atoms with Crippen LogP contribution in [0.4, 0.5) is 20.8 Å². The van der Waals surface area contributed by atoms with E-state index in [4.69, 9.17) is 4.74 Å². The number of hydrogen-bond acceptors (Lipinski definition) is 6. The van der Waals surface area contributed by atoms with E-state index in [0.717, 1.165) is 5.69 Å². The number of nitrogens with zero attached hydrogens (tertiary/aromatic N) is 2. The maximum Gasteiger partial charge on any atom is 0.406 e. The molecule has 1 amide bonds. The second-order valence-electron chi connectivity index (χ2n) is 5.02. The number of anilines is 2. The number of carbonyl (C=O) groups excluding carboxylic acids is 1. The maximum absolute atomic E-state index is 13.8. The molecule has 0 aliphatic heterocycles. The normalized spacial score (nSPS) is 10.5. The van der Waals surface area contributed by atoms with Crippen LogP contribution in [0.1, 0.15) is 17.8 Å². The van der Waals surface area contributed by atoms with Crippen LogP contribution in [0.15, 0.2) is 18.2 Å². The summed E-state index contributed by atoms with van der Waals surface area (Å²) >= 11 is 0. The first-order valence-electron chi connectivity index (χ1n) is 7.42. The smallest absolute Gasteiger partial charge is 0.406 e. The van der Waals surface area contributed by atoms with Crippen LogP contribution < -0.4 is 10.6 Å². The summed E-state index contributed by atoms with van der Waals surface area (Å²) < 4.78 is 23.7. The topological polar surface area (TPSA) is 101 Å². The molecule has 0 fully saturated rings. The van der Waals surface area contributed by atoms with Crippen LogP contribution in [0.2, 0.25) is 0 Å². The zero-order chi connectivity index (χ0) is 17.4. The summed E-state index contributed by atoms with van der Waals surface area (Å²) in [6.07, 6.45) is 0.160. The molecule has 2 aromatic heterocycles. The molecule has 0 saturated heterocycles. The molecule has 0 saturated carbocycles. The lowest BCUT2D eigenvalue weighted by Crippen LogP contribution is -2.24. The summed E-state index contributed by atoms with van der Waals surface area (Å²) in [4.78, 5) is 15.0. The summed E-state index contributed by atoms with van der Waals surface area (Å²) in [5, 5.41) is 12.1. The van der Waals surface area contributed by atoms with Gasteiger partial charge in [-0.05, 0) is 25.5 Å². The molecular weight excluding hydrogens is 317 g/mol. The molecule has 2 heterocycles. The fourth-order valence-electron chi connectivity index (χ4n) is 1.87. The second-order valence-corrected chi connectivity index (χ2v) is 5.02. The molecule has 0 aliphatic rings. The van der Waals surface area contributed by atoms with Gasteiger partial charge in [-0.3, -0.25) is 5.10 Å². The zero-order valence-corrected chi connectivity index (χ0v) is 13.6. The number of pyridine rings is 1. The number of ether oxygens (including phenoxy) is 2. The van der Waals surface area contributed by atoms with Gasteiger partial charge in [-0.25, -0.2) is 14.2 Å². The highest BCUT2D eigenvalue weighted by atomic mass is 19.1. The minimum atomic E-state index is -0.473. The number of nitrogens with one attached hydrogen (secondary N) is 3. The van der Waals surface area contributed by atoms with Gasteiger partial charge in [-0.2, -0.15) is 5.10 Å². The van der Waals surface area contributed by atoms with Gasteiger partial charge < -0.3 is 20.1 Å². The van der Waals surface area contributed by atoms with E-state index in [9.17, 15) is 9.18 Å². The molecule has 0 aliphatic carbocycles. The van der Waals surface area contributed by atoms with Gasteiger partial charge in [0.2, 0.25) is 0 Å². The predicted molar refractivity (Wildman–Crippen MR) is 85.5 cm³/mol. The third-order valence-electron chi connectivity index (χ3n) is 3.03. The number of hydrogen-bond donors (Lipinski definition) is 3. The van der Waals surface area contributed by atoms with Crippen molar-refractivity contribution in [2.75, 3.05) is 25.6 Å². The Kier molecular flexibility index (Phi) is 6.50. The largest absolute Gasteiger partial charge is 0.453 e. The number of H-pyrrole nitrogens is 1. The van der Waals surface area contributed by atoms with Crippen LogP contribution in [-0.4, -0.2) is 41.5 Å². The Bertz CT molecular complexity index is 677. The van der Waals surface area contributed by atoms with Gasteiger partial charge in [0, 0.05) is 24.9 Å². The first kappa shape index (κ1) is 17.7. The van der Waals surface area contributed by atoms with E-state index in [1.54, 1.807) is 12.1 Å². The SMILES string of the molecule is COC(=O)NCCCOCc1ccc(F)c(Nc2cc(C)[nH]n2)n1. The Morgan fingerprint density at radius 2 is 2.25 bits per heavy atom. The minimum absolute atomic E-state index is 0.0926. The van der Waals surface area contributed by atoms with Crippen molar-refractivity contribution in [3.8, 4) is 0 Å². The minimum Gasteiger partial charge on any atom is -0.453 e. The molecule has 24 heavy (non-hydrogen) atoms. The van der Waals surface area contributed by atoms with Crippen LogP contribution in [0.25, 0.3) is 0 Å². The molecule has 2 aromatic rings. The third kappa shape index (κ3) is 5.51. The summed E-state index contributed by atoms with van der Waals surface area (Å²) in [7, 11) is 1.31. The fourth-order valence-corrected chi connectivity index (χ4v) is 1.87. The van der Waals surface area contributed by atoms with E-state index in [2.05, 4.69) is 30.6 Å². The predicted octanol–water partition coefficient (Wildman–Crippen LogP) is 2.26. The highest BCUT2D eigenvalue weighted by molar-refractivity contribution is 5.66. The molecule has 3 N–H and O–H groups in total. The van der Waals surface area contributed by atoms with Gasteiger partial charge in [-0.1, -0.05) is 0 Å². The molecule has 0 bridgehead atoms. The van der Waals surface area contributed by atoms with Gasteiger partial charge >= 0.3 is 6.09 Å². The summed E-state index contributed by atoms with van der Waals surface area (Å²) in [5.41, 5.74) is 1.45. The lowest BCUT2D eigenvalue weighted by molar-refractivity contribution is 0.115. The van der Waals surface area contributed by atoms with Crippen LogP contribution >= 0.6 is 0 Å². The third-order valence-corrected chi connectivity index (χ3v) is 3.03. The van der Waals surface area contributed by atoms with Gasteiger partial charge in [0.1, 0.15) is 0 Å². The van der Waals surface area contributed by atoms with Crippen molar-refractivity contribution in [3.63, 3.8) is 0 Å². The average molecular weight is 337 g/mol.